The molecule has 1 aliphatic heterocycles. The minimum atomic E-state index is -4.46. The number of nitrogens with zero attached hydrogens (tertiary/aromatic N) is 4. The first-order valence-corrected chi connectivity index (χ1v) is 10.2. The zero-order valence-electron chi connectivity index (χ0n) is 17.4. The average Bonchev–Trinajstić information content (AvgIpc) is 3.16. The second-order valence-corrected chi connectivity index (χ2v) is 7.76. The second-order valence-electron chi connectivity index (χ2n) is 7.76. The van der Waals surface area contributed by atoms with Crippen LogP contribution in [0, 0.1) is 12.7 Å². The maximum absolute atomic E-state index is 13.9. The summed E-state index contributed by atoms with van der Waals surface area (Å²) in [5.41, 5.74) is 0.911. The van der Waals surface area contributed by atoms with Crippen molar-refractivity contribution in [2.24, 2.45) is 0 Å². The van der Waals surface area contributed by atoms with Crippen LogP contribution in [0.25, 0.3) is 5.69 Å². The lowest BCUT2D eigenvalue weighted by molar-refractivity contribution is -0.137. The van der Waals surface area contributed by atoms with Crippen molar-refractivity contribution in [1.82, 2.24) is 19.6 Å². The van der Waals surface area contributed by atoms with Gasteiger partial charge in [0.1, 0.15) is 5.82 Å². The van der Waals surface area contributed by atoms with Crippen molar-refractivity contribution >= 4 is 5.91 Å². The topological polar surface area (TPSA) is 41.4 Å². The standard InChI is InChI=1S/C23H22F4N4O/c1-16-20(14-28-31(16)19-7-4-6-18(13-19)23(25,26)27)22(32)30-11-9-29(10-12-30)15-17-5-2-3-8-21(17)24/h2-8,13-14H,9-12,15H2,1H3. The summed E-state index contributed by atoms with van der Waals surface area (Å²) in [5, 5.41) is 4.16. The summed E-state index contributed by atoms with van der Waals surface area (Å²) < 4.78 is 54.3. The molecule has 0 spiro atoms. The molecular weight excluding hydrogens is 424 g/mol. The van der Waals surface area contributed by atoms with Gasteiger partial charge in [0.2, 0.25) is 0 Å². The average molecular weight is 446 g/mol. The van der Waals surface area contributed by atoms with Crippen molar-refractivity contribution in [2.75, 3.05) is 26.2 Å². The summed E-state index contributed by atoms with van der Waals surface area (Å²) in [5.74, 6) is -0.463. The summed E-state index contributed by atoms with van der Waals surface area (Å²) in [6.45, 7) is 4.28. The molecule has 1 saturated heterocycles. The molecule has 5 nitrogen and oxygen atoms in total. The first kappa shape index (κ1) is 22.0. The molecule has 32 heavy (non-hydrogen) atoms. The molecule has 1 fully saturated rings. The number of carbonyl (C=O) groups excluding carboxylic acids is 1. The van der Waals surface area contributed by atoms with Gasteiger partial charge in [-0.15, -0.1) is 0 Å². The fraction of sp³-hybridized carbons (Fsp3) is 0.304. The van der Waals surface area contributed by atoms with Crippen molar-refractivity contribution in [3.8, 4) is 5.69 Å². The molecule has 1 amide bonds. The second kappa shape index (κ2) is 8.74. The zero-order chi connectivity index (χ0) is 22.9. The lowest BCUT2D eigenvalue weighted by atomic mass is 10.1. The normalized spacial score (nSPS) is 15.2. The van der Waals surface area contributed by atoms with Crippen LogP contribution in [-0.2, 0) is 12.7 Å². The Bertz CT molecular complexity index is 1120. The molecule has 0 aliphatic carbocycles. The Morgan fingerprint density at radius 2 is 1.75 bits per heavy atom. The van der Waals surface area contributed by atoms with Crippen molar-refractivity contribution < 1.29 is 22.4 Å². The Hall–Kier alpha value is -3.20. The van der Waals surface area contributed by atoms with E-state index in [1.807, 2.05) is 0 Å². The number of piperazine rings is 1. The van der Waals surface area contributed by atoms with E-state index in [4.69, 9.17) is 0 Å². The van der Waals surface area contributed by atoms with Crippen LogP contribution in [0.4, 0.5) is 17.6 Å². The van der Waals surface area contributed by atoms with Gasteiger partial charge in [-0.3, -0.25) is 9.69 Å². The monoisotopic (exact) mass is 446 g/mol. The number of amides is 1. The van der Waals surface area contributed by atoms with E-state index < -0.39 is 11.7 Å². The van der Waals surface area contributed by atoms with E-state index in [9.17, 15) is 22.4 Å². The SMILES string of the molecule is Cc1c(C(=O)N2CCN(Cc3ccccc3F)CC2)cnn1-c1cccc(C(F)(F)F)c1. The maximum Gasteiger partial charge on any atom is 0.416 e. The summed E-state index contributed by atoms with van der Waals surface area (Å²) in [4.78, 5) is 16.8. The lowest BCUT2D eigenvalue weighted by Gasteiger charge is -2.34. The minimum Gasteiger partial charge on any atom is -0.336 e. The van der Waals surface area contributed by atoms with Gasteiger partial charge in [0.25, 0.3) is 5.91 Å². The van der Waals surface area contributed by atoms with Gasteiger partial charge in [0, 0.05) is 38.3 Å². The molecule has 4 rings (SSSR count). The molecule has 9 heteroatoms. The Morgan fingerprint density at radius 1 is 1.03 bits per heavy atom. The van der Waals surface area contributed by atoms with Crippen LogP contribution in [0.1, 0.15) is 27.2 Å². The van der Waals surface area contributed by atoms with Crippen LogP contribution in [0.3, 0.4) is 0 Å². The van der Waals surface area contributed by atoms with Crippen molar-refractivity contribution in [3.63, 3.8) is 0 Å². The van der Waals surface area contributed by atoms with E-state index in [-0.39, 0.29) is 17.4 Å². The van der Waals surface area contributed by atoms with Gasteiger partial charge in [-0.05, 0) is 31.2 Å². The van der Waals surface area contributed by atoms with Crippen LogP contribution in [0.2, 0.25) is 0 Å². The highest BCUT2D eigenvalue weighted by molar-refractivity contribution is 5.95. The van der Waals surface area contributed by atoms with Gasteiger partial charge >= 0.3 is 6.18 Å². The van der Waals surface area contributed by atoms with E-state index in [2.05, 4.69) is 10.00 Å². The van der Waals surface area contributed by atoms with Crippen LogP contribution >= 0.6 is 0 Å². The van der Waals surface area contributed by atoms with Crippen molar-refractivity contribution in [2.45, 2.75) is 19.6 Å². The van der Waals surface area contributed by atoms with Crippen molar-refractivity contribution in [1.29, 1.82) is 0 Å². The first-order chi connectivity index (χ1) is 15.2. The molecule has 2 heterocycles. The fourth-order valence-electron chi connectivity index (χ4n) is 3.84. The Morgan fingerprint density at radius 3 is 2.44 bits per heavy atom. The van der Waals surface area contributed by atoms with Crippen LogP contribution < -0.4 is 0 Å². The van der Waals surface area contributed by atoms with Crippen molar-refractivity contribution in [3.05, 3.63) is 82.9 Å². The summed E-state index contributed by atoms with van der Waals surface area (Å²) >= 11 is 0. The van der Waals surface area contributed by atoms with E-state index in [0.29, 0.717) is 49.5 Å². The number of rotatable bonds is 4. The molecule has 3 aromatic rings. The van der Waals surface area contributed by atoms with E-state index >= 15 is 0 Å². The third-order valence-corrected chi connectivity index (χ3v) is 5.67. The molecular formula is C23H22F4N4O. The predicted octanol–water partition coefficient (Wildman–Crippen LogP) is 4.30. The zero-order valence-corrected chi connectivity index (χ0v) is 17.4. The van der Waals surface area contributed by atoms with E-state index in [0.717, 1.165) is 12.1 Å². The van der Waals surface area contributed by atoms with E-state index in [1.165, 1.54) is 29.1 Å². The summed E-state index contributed by atoms with van der Waals surface area (Å²) in [6.07, 6.45) is -3.07. The molecule has 1 aromatic heterocycles. The molecule has 0 N–H and O–H groups in total. The van der Waals surface area contributed by atoms with Gasteiger partial charge in [-0.1, -0.05) is 24.3 Å². The molecule has 0 radical (unpaired) electrons. The smallest absolute Gasteiger partial charge is 0.336 e. The van der Waals surface area contributed by atoms with Gasteiger partial charge in [-0.2, -0.15) is 18.3 Å². The lowest BCUT2D eigenvalue weighted by Crippen LogP contribution is -2.48. The van der Waals surface area contributed by atoms with Crippen LogP contribution in [0.15, 0.2) is 54.7 Å². The number of hydrogen-bond acceptors (Lipinski definition) is 3. The number of carbonyl (C=O) groups is 1. The third kappa shape index (κ3) is 4.52. The Labute approximate surface area is 182 Å². The highest BCUT2D eigenvalue weighted by Gasteiger charge is 2.31. The molecule has 0 unspecified atom stereocenters. The molecule has 0 saturated carbocycles. The summed E-state index contributed by atoms with van der Waals surface area (Å²) in [6, 6.07) is 11.5. The molecule has 168 valence electrons. The largest absolute Gasteiger partial charge is 0.416 e. The number of halogens is 4. The minimum absolute atomic E-state index is 0.216. The predicted molar refractivity (Wildman–Crippen MR) is 111 cm³/mol. The van der Waals surface area contributed by atoms with E-state index in [1.54, 1.807) is 30.0 Å². The summed E-state index contributed by atoms with van der Waals surface area (Å²) in [7, 11) is 0. The highest BCUT2D eigenvalue weighted by atomic mass is 19.4. The number of aromatic nitrogens is 2. The molecule has 1 aliphatic rings. The maximum atomic E-state index is 13.9. The molecule has 0 atom stereocenters. The Balaban J connectivity index is 1.44. The highest BCUT2D eigenvalue weighted by Crippen LogP contribution is 2.30. The van der Waals surface area contributed by atoms with Crippen LogP contribution in [-0.4, -0.2) is 51.7 Å². The quantitative estimate of drug-likeness (QED) is 0.562. The molecule has 0 bridgehead atoms. The van der Waals surface area contributed by atoms with Gasteiger partial charge in [0.05, 0.1) is 28.7 Å². The number of benzene rings is 2. The first-order valence-electron chi connectivity index (χ1n) is 10.2. The van der Waals surface area contributed by atoms with Gasteiger partial charge < -0.3 is 4.90 Å². The Kier molecular flexibility index (Phi) is 6.01. The number of alkyl halides is 3. The van der Waals surface area contributed by atoms with Gasteiger partial charge in [-0.25, -0.2) is 9.07 Å². The fourth-order valence-corrected chi connectivity index (χ4v) is 3.84. The third-order valence-electron chi connectivity index (χ3n) is 5.67. The van der Waals surface area contributed by atoms with Gasteiger partial charge in [0.15, 0.2) is 0 Å². The van der Waals surface area contributed by atoms with Crippen LogP contribution in [0.5, 0.6) is 0 Å². The molecule has 2 aromatic carbocycles. The number of hydrogen-bond donors (Lipinski definition) is 0.